The van der Waals surface area contributed by atoms with Gasteiger partial charge in [0.25, 0.3) is 0 Å². The van der Waals surface area contributed by atoms with Crippen LogP contribution in [0.15, 0.2) is 29.3 Å². The first kappa shape index (κ1) is 20.2. The summed E-state index contributed by atoms with van der Waals surface area (Å²) in [6, 6.07) is 6.64. The number of halogens is 1. The number of nitrogens with one attached hydrogen (secondary N) is 2. The van der Waals surface area contributed by atoms with Gasteiger partial charge in [-0.3, -0.25) is 9.79 Å². The van der Waals surface area contributed by atoms with Crippen LogP contribution in [0.2, 0.25) is 0 Å². The third kappa shape index (κ3) is 7.00. The Morgan fingerprint density at radius 2 is 2.19 bits per heavy atom. The van der Waals surface area contributed by atoms with Crippen LogP contribution < -0.4 is 16.4 Å². The Morgan fingerprint density at radius 3 is 2.92 bits per heavy atom. The quantitative estimate of drug-likeness (QED) is 0.367. The van der Waals surface area contributed by atoms with Gasteiger partial charge in [-0.1, -0.05) is 12.1 Å². The van der Waals surface area contributed by atoms with Gasteiger partial charge in [0.2, 0.25) is 5.91 Å². The Hall–Kier alpha value is -2.15. The SMILES string of the molecule is CN=C(NCCCN1CCCC(C(N)=O)C1)NCCc1cccc(F)c1. The summed E-state index contributed by atoms with van der Waals surface area (Å²) in [5, 5.41) is 6.53. The average molecular weight is 363 g/mol. The van der Waals surface area contributed by atoms with Gasteiger partial charge in [0.1, 0.15) is 5.82 Å². The highest BCUT2D eigenvalue weighted by molar-refractivity contribution is 5.79. The maximum Gasteiger partial charge on any atom is 0.221 e. The summed E-state index contributed by atoms with van der Waals surface area (Å²) in [5.41, 5.74) is 6.38. The molecular weight excluding hydrogens is 333 g/mol. The van der Waals surface area contributed by atoms with Crippen molar-refractivity contribution in [3.8, 4) is 0 Å². The van der Waals surface area contributed by atoms with Crippen molar-refractivity contribution in [1.29, 1.82) is 0 Å². The topological polar surface area (TPSA) is 82.8 Å². The largest absolute Gasteiger partial charge is 0.369 e. The molecule has 0 aliphatic carbocycles. The second-order valence-electron chi connectivity index (χ2n) is 6.70. The number of carbonyl (C=O) groups excluding carboxylic acids is 1. The van der Waals surface area contributed by atoms with Gasteiger partial charge in [0.15, 0.2) is 5.96 Å². The van der Waals surface area contributed by atoms with Crippen LogP contribution in [0.5, 0.6) is 0 Å². The molecular formula is C19H30FN5O. The Bertz CT molecular complexity index is 607. The lowest BCUT2D eigenvalue weighted by molar-refractivity contribution is -0.123. The summed E-state index contributed by atoms with van der Waals surface area (Å²) < 4.78 is 13.2. The van der Waals surface area contributed by atoms with Gasteiger partial charge in [0, 0.05) is 26.7 Å². The first-order valence-corrected chi connectivity index (χ1v) is 9.29. The fourth-order valence-corrected chi connectivity index (χ4v) is 3.24. The first-order valence-electron chi connectivity index (χ1n) is 9.29. The molecule has 6 nitrogen and oxygen atoms in total. The molecule has 1 aromatic carbocycles. The second kappa shape index (κ2) is 10.8. The zero-order valence-electron chi connectivity index (χ0n) is 15.5. The molecule has 0 aromatic heterocycles. The van der Waals surface area contributed by atoms with Crippen molar-refractivity contribution in [3.05, 3.63) is 35.6 Å². The molecule has 1 atom stereocenters. The molecule has 0 spiro atoms. The zero-order valence-corrected chi connectivity index (χ0v) is 15.5. The number of amides is 1. The Balaban J connectivity index is 1.60. The molecule has 1 aliphatic rings. The van der Waals surface area contributed by atoms with Gasteiger partial charge in [-0.05, 0) is 56.5 Å². The van der Waals surface area contributed by atoms with Crippen LogP contribution in [0.3, 0.4) is 0 Å². The predicted molar refractivity (Wildman–Crippen MR) is 102 cm³/mol. The molecule has 4 N–H and O–H groups in total. The second-order valence-corrected chi connectivity index (χ2v) is 6.70. The van der Waals surface area contributed by atoms with Crippen molar-refractivity contribution in [2.45, 2.75) is 25.7 Å². The molecule has 1 unspecified atom stereocenters. The highest BCUT2D eigenvalue weighted by atomic mass is 19.1. The van der Waals surface area contributed by atoms with Gasteiger partial charge in [-0.2, -0.15) is 0 Å². The number of likely N-dealkylation sites (tertiary alicyclic amines) is 1. The fraction of sp³-hybridized carbons (Fsp3) is 0.579. The minimum absolute atomic E-state index is 0.00559. The zero-order chi connectivity index (χ0) is 18.8. The van der Waals surface area contributed by atoms with Crippen molar-refractivity contribution >= 4 is 11.9 Å². The molecule has 144 valence electrons. The van der Waals surface area contributed by atoms with Crippen molar-refractivity contribution in [2.75, 3.05) is 39.8 Å². The van der Waals surface area contributed by atoms with E-state index >= 15 is 0 Å². The summed E-state index contributed by atoms with van der Waals surface area (Å²) in [5.74, 6) is 0.348. The van der Waals surface area contributed by atoms with Crippen molar-refractivity contribution in [2.24, 2.45) is 16.6 Å². The molecule has 0 radical (unpaired) electrons. The van der Waals surface area contributed by atoms with Gasteiger partial charge in [-0.15, -0.1) is 0 Å². The number of nitrogens with zero attached hydrogens (tertiary/aromatic N) is 2. The Kier molecular flexibility index (Phi) is 8.34. The van der Waals surface area contributed by atoms with Gasteiger partial charge < -0.3 is 21.3 Å². The van der Waals surface area contributed by atoms with E-state index in [-0.39, 0.29) is 17.6 Å². The van der Waals surface area contributed by atoms with Crippen molar-refractivity contribution < 1.29 is 9.18 Å². The number of hydrogen-bond donors (Lipinski definition) is 3. The number of guanidine groups is 1. The van der Waals surface area contributed by atoms with E-state index < -0.39 is 0 Å². The number of hydrogen-bond acceptors (Lipinski definition) is 3. The van der Waals surface area contributed by atoms with Crippen LogP contribution in [0.1, 0.15) is 24.8 Å². The predicted octanol–water partition coefficient (Wildman–Crippen LogP) is 1.12. The Labute approximate surface area is 155 Å². The molecule has 1 aliphatic heterocycles. The molecule has 1 aromatic rings. The summed E-state index contributed by atoms with van der Waals surface area (Å²) in [6.07, 6.45) is 3.65. The minimum Gasteiger partial charge on any atom is -0.369 e. The molecule has 0 bridgehead atoms. The minimum atomic E-state index is -0.207. The van der Waals surface area contributed by atoms with E-state index in [1.807, 2.05) is 6.07 Å². The van der Waals surface area contributed by atoms with E-state index in [9.17, 15) is 9.18 Å². The molecule has 1 amide bonds. The van der Waals surface area contributed by atoms with E-state index in [1.165, 1.54) is 6.07 Å². The molecule has 0 saturated carbocycles. The summed E-state index contributed by atoms with van der Waals surface area (Å²) in [7, 11) is 1.74. The lowest BCUT2D eigenvalue weighted by Gasteiger charge is -2.31. The smallest absolute Gasteiger partial charge is 0.221 e. The molecule has 2 rings (SSSR count). The van der Waals surface area contributed by atoms with Gasteiger partial charge >= 0.3 is 0 Å². The summed E-state index contributed by atoms with van der Waals surface area (Å²) in [6.45, 7) is 4.24. The van der Waals surface area contributed by atoms with Crippen LogP contribution in [-0.4, -0.2) is 56.5 Å². The highest BCUT2D eigenvalue weighted by Gasteiger charge is 2.23. The third-order valence-corrected chi connectivity index (χ3v) is 4.67. The molecule has 26 heavy (non-hydrogen) atoms. The van der Waals surface area contributed by atoms with E-state index in [4.69, 9.17) is 5.73 Å². The summed E-state index contributed by atoms with van der Waals surface area (Å²) >= 11 is 0. The van der Waals surface area contributed by atoms with Crippen LogP contribution >= 0.6 is 0 Å². The van der Waals surface area contributed by atoms with Crippen molar-refractivity contribution in [3.63, 3.8) is 0 Å². The number of nitrogens with two attached hydrogens (primary N) is 1. The monoisotopic (exact) mass is 363 g/mol. The maximum atomic E-state index is 13.2. The van der Waals surface area contributed by atoms with E-state index in [1.54, 1.807) is 19.2 Å². The number of benzene rings is 1. The summed E-state index contributed by atoms with van der Waals surface area (Å²) in [4.78, 5) is 17.8. The average Bonchev–Trinajstić information content (AvgIpc) is 2.64. The molecule has 1 saturated heterocycles. The van der Waals surface area contributed by atoms with Crippen LogP contribution in [0.4, 0.5) is 4.39 Å². The normalized spacial score (nSPS) is 18.5. The fourth-order valence-electron chi connectivity index (χ4n) is 3.24. The molecule has 1 heterocycles. The number of primary amides is 1. The third-order valence-electron chi connectivity index (χ3n) is 4.67. The lowest BCUT2D eigenvalue weighted by atomic mass is 9.97. The highest BCUT2D eigenvalue weighted by Crippen LogP contribution is 2.15. The van der Waals surface area contributed by atoms with Gasteiger partial charge in [0.05, 0.1) is 5.92 Å². The molecule has 1 fully saturated rings. The Morgan fingerprint density at radius 1 is 1.38 bits per heavy atom. The number of piperidine rings is 1. The van der Waals surface area contributed by atoms with Crippen LogP contribution in [0, 0.1) is 11.7 Å². The van der Waals surface area contributed by atoms with E-state index in [0.717, 1.165) is 63.4 Å². The van der Waals surface area contributed by atoms with Crippen LogP contribution in [0.25, 0.3) is 0 Å². The molecule has 7 heteroatoms. The van der Waals surface area contributed by atoms with Gasteiger partial charge in [-0.25, -0.2) is 4.39 Å². The standard InChI is InChI=1S/C19H30FN5O/c1-22-19(24-10-8-15-5-2-7-17(20)13-15)23-9-4-12-25-11-3-6-16(14-25)18(21)26/h2,5,7,13,16H,3-4,6,8-12,14H2,1H3,(H2,21,26)(H2,22,23,24). The number of aliphatic imine (C=N–C) groups is 1. The van der Waals surface area contributed by atoms with Crippen molar-refractivity contribution in [1.82, 2.24) is 15.5 Å². The van der Waals surface area contributed by atoms with E-state index in [2.05, 4.69) is 20.5 Å². The number of carbonyl (C=O) groups is 1. The maximum absolute atomic E-state index is 13.2. The van der Waals surface area contributed by atoms with Crippen LogP contribution in [-0.2, 0) is 11.2 Å². The first-order chi connectivity index (χ1) is 12.6. The number of rotatable bonds is 8. The van der Waals surface area contributed by atoms with E-state index in [0.29, 0.717) is 6.54 Å². The lowest BCUT2D eigenvalue weighted by Crippen LogP contribution is -2.43.